The Morgan fingerprint density at radius 3 is 2.96 bits per heavy atom. The third kappa shape index (κ3) is 2.14. The average molecular weight is 327 g/mol. The summed E-state index contributed by atoms with van der Waals surface area (Å²) in [6, 6.07) is 7.65. The predicted molar refractivity (Wildman–Crippen MR) is 88.6 cm³/mol. The molecule has 0 bridgehead atoms. The van der Waals surface area contributed by atoms with Crippen LogP contribution in [0.2, 0.25) is 0 Å². The first-order valence-electron chi connectivity index (χ1n) is 8.41. The van der Waals surface area contributed by atoms with Crippen LogP contribution < -0.4 is 0 Å². The number of furan rings is 1. The number of esters is 1. The van der Waals surface area contributed by atoms with Crippen molar-refractivity contribution in [3.63, 3.8) is 0 Å². The fourth-order valence-electron chi connectivity index (χ4n) is 4.40. The minimum atomic E-state index is -0.521. The quantitative estimate of drug-likeness (QED) is 0.795. The topological polar surface area (TPSA) is 59.8 Å². The second-order valence-corrected chi connectivity index (χ2v) is 7.07. The number of nitrogens with zero attached hydrogens (tertiary/aromatic N) is 1. The molecule has 1 aromatic carbocycles. The Hall–Kier alpha value is -2.30. The highest BCUT2D eigenvalue weighted by molar-refractivity contribution is 5.97. The zero-order valence-corrected chi connectivity index (χ0v) is 14.0. The number of hydrogen-bond acceptors (Lipinski definition) is 4. The minimum Gasteiger partial charge on any atom is -0.469 e. The van der Waals surface area contributed by atoms with E-state index < -0.39 is 5.41 Å². The van der Waals surface area contributed by atoms with Gasteiger partial charge < -0.3 is 14.1 Å². The molecule has 24 heavy (non-hydrogen) atoms. The van der Waals surface area contributed by atoms with Gasteiger partial charge in [0.15, 0.2) is 5.76 Å². The molecule has 2 aliphatic rings. The normalized spacial score (nSPS) is 25.9. The molecule has 1 aromatic heterocycles. The van der Waals surface area contributed by atoms with E-state index in [4.69, 9.17) is 9.15 Å². The lowest BCUT2D eigenvalue weighted by Gasteiger charge is -2.25. The van der Waals surface area contributed by atoms with Gasteiger partial charge in [0.2, 0.25) is 0 Å². The molecule has 1 aliphatic carbocycles. The first-order valence-corrected chi connectivity index (χ1v) is 8.41. The Morgan fingerprint density at radius 1 is 1.33 bits per heavy atom. The average Bonchev–Trinajstić information content (AvgIpc) is 3.24. The lowest BCUT2D eigenvalue weighted by Crippen LogP contribution is -2.38. The number of amides is 1. The van der Waals surface area contributed by atoms with Crippen molar-refractivity contribution in [3.05, 3.63) is 35.6 Å². The SMILES string of the molecule is COC(=O)[C@]12CCC[C@H]1CN(C(=O)c1cc3cc(C)ccc3o1)C2. The minimum absolute atomic E-state index is 0.137. The van der Waals surface area contributed by atoms with Crippen LogP contribution in [0.15, 0.2) is 28.7 Å². The van der Waals surface area contributed by atoms with Gasteiger partial charge in [-0.25, -0.2) is 0 Å². The maximum atomic E-state index is 12.9. The third-order valence-electron chi connectivity index (χ3n) is 5.63. The standard InChI is InChI=1S/C19H21NO4/c1-12-5-6-15-13(8-12)9-16(24-15)17(21)20-10-14-4-3-7-19(14,11-20)18(22)23-2/h5-6,8-9,14H,3-4,7,10-11H2,1-2H3/t14-,19-/m0/s1. The van der Waals surface area contributed by atoms with Gasteiger partial charge in [0, 0.05) is 18.5 Å². The number of aryl methyl sites for hydroxylation is 1. The van der Waals surface area contributed by atoms with Crippen molar-refractivity contribution >= 4 is 22.8 Å². The molecule has 2 fully saturated rings. The number of rotatable bonds is 2. The molecule has 2 heterocycles. The summed E-state index contributed by atoms with van der Waals surface area (Å²) in [5.74, 6) is 0.221. The highest BCUT2D eigenvalue weighted by Gasteiger charge is 2.56. The Bertz CT molecular complexity index is 824. The summed E-state index contributed by atoms with van der Waals surface area (Å²) in [7, 11) is 1.43. The van der Waals surface area contributed by atoms with Gasteiger partial charge in [-0.15, -0.1) is 0 Å². The number of hydrogen-bond donors (Lipinski definition) is 0. The Morgan fingerprint density at radius 2 is 2.17 bits per heavy atom. The number of likely N-dealkylation sites (tertiary alicyclic amines) is 1. The monoisotopic (exact) mass is 327 g/mol. The third-order valence-corrected chi connectivity index (χ3v) is 5.63. The fourth-order valence-corrected chi connectivity index (χ4v) is 4.40. The van der Waals surface area contributed by atoms with Gasteiger partial charge in [0.25, 0.3) is 5.91 Å². The van der Waals surface area contributed by atoms with Crippen molar-refractivity contribution in [3.8, 4) is 0 Å². The molecule has 2 atom stereocenters. The number of ether oxygens (including phenoxy) is 1. The van der Waals surface area contributed by atoms with E-state index in [-0.39, 0.29) is 17.8 Å². The maximum Gasteiger partial charge on any atom is 0.313 e. The number of carbonyl (C=O) groups is 2. The maximum absolute atomic E-state index is 12.9. The van der Waals surface area contributed by atoms with Crippen LogP contribution in [-0.4, -0.2) is 37.0 Å². The molecular formula is C19H21NO4. The van der Waals surface area contributed by atoms with Crippen LogP contribution in [0.4, 0.5) is 0 Å². The molecule has 1 aliphatic heterocycles. The Kier molecular flexibility index (Phi) is 3.41. The van der Waals surface area contributed by atoms with Crippen LogP contribution in [0.1, 0.15) is 35.4 Å². The highest BCUT2D eigenvalue weighted by Crippen LogP contribution is 2.49. The van der Waals surface area contributed by atoms with Crippen molar-refractivity contribution < 1.29 is 18.7 Å². The first kappa shape index (κ1) is 15.2. The molecule has 126 valence electrons. The molecule has 1 saturated carbocycles. The van der Waals surface area contributed by atoms with Crippen LogP contribution in [-0.2, 0) is 9.53 Å². The number of carbonyl (C=O) groups excluding carboxylic acids is 2. The van der Waals surface area contributed by atoms with Crippen LogP contribution in [0.3, 0.4) is 0 Å². The van der Waals surface area contributed by atoms with Gasteiger partial charge in [-0.1, -0.05) is 18.1 Å². The molecule has 0 N–H and O–H groups in total. The van der Waals surface area contributed by atoms with Gasteiger partial charge in [-0.05, 0) is 43.9 Å². The second-order valence-electron chi connectivity index (χ2n) is 7.07. The summed E-state index contributed by atoms with van der Waals surface area (Å²) in [5.41, 5.74) is 1.32. The summed E-state index contributed by atoms with van der Waals surface area (Å²) in [4.78, 5) is 26.9. The van der Waals surface area contributed by atoms with Gasteiger partial charge >= 0.3 is 5.97 Å². The molecule has 0 unspecified atom stereocenters. The molecular weight excluding hydrogens is 306 g/mol. The van der Waals surface area contributed by atoms with E-state index >= 15 is 0 Å². The zero-order valence-electron chi connectivity index (χ0n) is 14.0. The second kappa shape index (κ2) is 5.36. The van der Waals surface area contributed by atoms with Gasteiger partial charge in [-0.3, -0.25) is 9.59 Å². The molecule has 1 amide bonds. The Labute approximate surface area is 140 Å². The molecule has 5 heteroatoms. The van der Waals surface area contributed by atoms with Gasteiger partial charge in [-0.2, -0.15) is 0 Å². The van der Waals surface area contributed by atoms with E-state index in [9.17, 15) is 9.59 Å². The Balaban J connectivity index is 1.62. The molecule has 0 radical (unpaired) electrons. The summed E-state index contributed by atoms with van der Waals surface area (Å²) in [6.07, 6.45) is 2.79. The van der Waals surface area contributed by atoms with Gasteiger partial charge in [0.05, 0.1) is 12.5 Å². The van der Waals surface area contributed by atoms with Crippen molar-refractivity contribution in [2.24, 2.45) is 11.3 Å². The lowest BCUT2D eigenvalue weighted by atomic mass is 9.81. The smallest absolute Gasteiger partial charge is 0.313 e. The first-order chi connectivity index (χ1) is 11.5. The summed E-state index contributed by atoms with van der Waals surface area (Å²) in [6.45, 7) is 3.04. The molecule has 1 saturated heterocycles. The van der Waals surface area contributed by atoms with E-state index in [1.54, 1.807) is 11.0 Å². The fraction of sp³-hybridized carbons (Fsp3) is 0.474. The molecule has 4 rings (SSSR count). The largest absolute Gasteiger partial charge is 0.469 e. The van der Waals surface area contributed by atoms with E-state index in [0.717, 1.165) is 30.2 Å². The number of fused-ring (bicyclic) bond motifs is 2. The predicted octanol–water partition coefficient (Wildman–Crippen LogP) is 3.16. The van der Waals surface area contributed by atoms with Crippen LogP contribution in [0.25, 0.3) is 11.0 Å². The molecule has 0 spiro atoms. The van der Waals surface area contributed by atoms with Gasteiger partial charge in [0.1, 0.15) is 5.58 Å². The number of benzene rings is 1. The highest BCUT2D eigenvalue weighted by atomic mass is 16.5. The summed E-state index contributed by atoms with van der Waals surface area (Å²) >= 11 is 0. The van der Waals surface area contributed by atoms with E-state index in [2.05, 4.69) is 0 Å². The lowest BCUT2D eigenvalue weighted by molar-refractivity contribution is -0.153. The van der Waals surface area contributed by atoms with Crippen molar-refractivity contribution in [1.29, 1.82) is 0 Å². The van der Waals surface area contributed by atoms with Crippen molar-refractivity contribution in [2.45, 2.75) is 26.2 Å². The van der Waals surface area contributed by atoms with Crippen molar-refractivity contribution in [1.82, 2.24) is 4.90 Å². The van der Waals surface area contributed by atoms with E-state index in [1.165, 1.54) is 7.11 Å². The van der Waals surface area contributed by atoms with Crippen LogP contribution in [0, 0.1) is 18.3 Å². The number of methoxy groups -OCH3 is 1. The summed E-state index contributed by atoms with van der Waals surface area (Å²) < 4.78 is 10.8. The molecule has 5 nitrogen and oxygen atoms in total. The molecule has 2 aromatic rings. The zero-order chi connectivity index (χ0) is 16.9. The van der Waals surface area contributed by atoms with E-state index in [0.29, 0.717) is 24.4 Å². The van der Waals surface area contributed by atoms with E-state index in [1.807, 2.05) is 25.1 Å². The van der Waals surface area contributed by atoms with Crippen LogP contribution in [0.5, 0.6) is 0 Å². The van der Waals surface area contributed by atoms with Crippen LogP contribution >= 0.6 is 0 Å². The summed E-state index contributed by atoms with van der Waals surface area (Å²) in [5, 5.41) is 0.931. The van der Waals surface area contributed by atoms with Crippen molar-refractivity contribution in [2.75, 3.05) is 20.2 Å².